The average molecular weight is 425 g/mol. The van der Waals surface area contributed by atoms with Crippen LogP contribution in [0.5, 0.6) is 0 Å². The van der Waals surface area contributed by atoms with Gasteiger partial charge in [-0.05, 0) is 24.3 Å². The molecule has 5 heterocycles. The molecule has 0 N–H and O–H groups in total. The summed E-state index contributed by atoms with van der Waals surface area (Å²) in [5.41, 5.74) is 0.688. The van der Waals surface area contributed by atoms with Crippen molar-refractivity contribution in [3.8, 4) is 0 Å². The Morgan fingerprint density at radius 2 is 2.10 bits per heavy atom. The van der Waals surface area contributed by atoms with E-state index in [1.54, 1.807) is 35.7 Å². The van der Waals surface area contributed by atoms with Crippen LogP contribution in [0.3, 0.4) is 0 Å². The molecule has 1 aliphatic rings. The van der Waals surface area contributed by atoms with Gasteiger partial charge in [-0.1, -0.05) is 11.8 Å². The maximum atomic E-state index is 12.9. The van der Waals surface area contributed by atoms with Crippen molar-refractivity contribution in [3.05, 3.63) is 66.9 Å². The van der Waals surface area contributed by atoms with E-state index >= 15 is 0 Å². The minimum atomic E-state index is -0.334. The predicted molar refractivity (Wildman–Crippen MR) is 102 cm³/mol. The van der Waals surface area contributed by atoms with E-state index in [0.717, 1.165) is 11.8 Å². The molecule has 0 radical (unpaired) electrons. The number of thioether (sulfide) groups is 1. The number of carbonyl (C=O) groups is 1. The molecule has 152 valence electrons. The van der Waals surface area contributed by atoms with Gasteiger partial charge in [-0.3, -0.25) is 4.79 Å². The first kappa shape index (κ1) is 18.4. The van der Waals surface area contributed by atoms with Crippen molar-refractivity contribution in [2.24, 2.45) is 5.10 Å². The van der Waals surface area contributed by atoms with Gasteiger partial charge in [0.15, 0.2) is 0 Å². The van der Waals surface area contributed by atoms with Gasteiger partial charge < -0.3 is 13.3 Å². The summed E-state index contributed by atoms with van der Waals surface area (Å²) in [5, 5.41) is 18.1. The Kier molecular flexibility index (Phi) is 4.89. The number of carbonyl (C=O) groups excluding carboxylic acids is 1. The van der Waals surface area contributed by atoms with E-state index in [4.69, 9.17) is 13.3 Å². The third-order valence-corrected chi connectivity index (χ3v) is 5.18. The monoisotopic (exact) mass is 425 g/mol. The summed E-state index contributed by atoms with van der Waals surface area (Å²) in [7, 11) is 0. The Hall–Kier alpha value is -3.67. The molecular weight excluding hydrogens is 410 g/mol. The number of aromatic nitrogens is 5. The van der Waals surface area contributed by atoms with Crippen LogP contribution in [0.4, 0.5) is 0 Å². The molecular formula is C18H15N7O4S. The number of amides is 1. The van der Waals surface area contributed by atoms with Crippen LogP contribution >= 0.6 is 11.8 Å². The molecule has 12 heteroatoms. The van der Waals surface area contributed by atoms with Gasteiger partial charge >= 0.3 is 0 Å². The average Bonchev–Trinajstić information content (AvgIpc) is 3.56. The second-order valence-corrected chi connectivity index (χ2v) is 7.27. The molecule has 0 saturated carbocycles. The molecule has 5 rings (SSSR count). The molecule has 0 fully saturated rings. The lowest BCUT2D eigenvalue weighted by molar-refractivity contribution is -0.130. The van der Waals surface area contributed by atoms with Crippen molar-refractivity contribution in [3.63, 3.8) is 0 Å². The number of rotatable bonds is 7. The second kappa shape index (κ2) is 7.99. The molecule has 4 aromatic rings. The molecule has 0 spiro atoms. The zero-order valence-corrected chi connectivity index (χ0v) is 16.3. The van der Waals surface area contributed by atoms with Crippen LogP contribution in [0.25, 0.3) is 0 Å². The molecule has 0 aromatic carbocycles. The highest BCUT2D eigenvalue weighted by Crippen LogP contribution is 2.34. The summed E-state index contributed by atoms with van der Waals surface area (Å²) in [6.45, 7) is 0.311. The highest BCUT2D eigenvalue weighted by Gasteiger charge is 2.35. The fourth-order valence-electron chi connectivity index (χ4n) is 3.04. The zero-order chi connectivity index (χ0) is 20.3. The Morgan fingerprint density at radius 1 is 1.20 bits per heavy atom. The lowest BCUT2D eigenvalue weighted by atomic mass is 10.1. The van der Waals surface area contributed by atoms with E-state index < -0.39 is 0 Å². The van der Waals surface area contributed by atoms with Crippen molar-refractivity contribution in [2.75, 3.05) is 5.75 Å². The summed E-state index contributed by atoms with van der Waals surface area (Å²) in [6.07, 6.45) is 6.63. The molecule has 0 bridgehead atoms. The van der Waals surface area contributed by atoms with Gasteiger partial charge in [0.2, 0.25) is 5.89 Å². The largest absolute Gasteiger partial charge is 0.467 e. The standard InChI is InChI=1S/C18H15N7O4S/c26-17(9-30-18-22-21-16(29-18)8-24-11-19-10-20-24)25-13(15-4-2-6-28-15)7-12(23-25)14-3-1-5-27-14/h1-6,10-11,13H,7-9H2. The van der Waals surface area contributed by atoms with E-state index in [0.29, 0.717) is 41.3 Å². The van der Waals surface area contributed by atoms with Gasteiger partial charge in [0.25, 0.3) is 11.1 Å². The third-order valence-electron chi connectivity index (χ3n) is 4.37. The predicted octanol–water partition coefficient (Wildman–Crippen LogP) is 2.37. The fraction of sp³-hybridized carbons (Fsp3) is 0.222. The van der Waals surface area contributed by atoms with Gasteiger partial charge in [0.05, 0.1) is 18.3 Å². The molecule has 4 aromatic heterocycles. The van der Waals surface area contributed by atoms with Crippen LogP contribution in [0.15, 0.2) is 73.0 Å². The van der Waals surface area contributed by atoms with Crippen molar-refractivity contribution in [1.29, 1.82) is 0 Å². The molecule has 30 heavy (non-hydrogen) atoms. The minimum absolute atomic E-state index is 0.0805. The quantitative estimate of drug-likeness (QED) is 0.410. The SMILES string of the molecule is O=C(CSc1nnc(Cn2cncn2)o1)N1N=C(c2ccco2)CC1c1ccco1. The Morgan fingerprint density at radius 3 is 2.87 bits per heavy atom. The van der Waals surface area contributed by atoms with Crippen molar-refractivity contribution < 1.29 is 18.0 Å². The lowest BCUT2D eigenvalue weighted by Crippen LogP contribution is -2.28. The molecule has 1 atom stereocenters. The fourth-order valence-corrected chi connectivity index (χ4v) is 3.67. The van der Waals surface area contributed by atoms with Crippen LogP contribution < -0.4 is 0 Å². The Bertz CT molecular complexity index is 1140. The van der Waals surface area contributed by atoms with Crippen LogP contribution in [-0.4, -0.2) is 47.3 Å². The summed E-state index contributed by atoms with van der Waals surface area (Å²) in [5.74, 6) is 1.54. The summed E-state index contributed by atoms with van der Waals surface area (Å²) < 4.78 is 18.1. The van der Waals surface area contributed by atoms with E-state index in [1.807, 2.05) is 12.1 Å². The molecule has 0 aliphatic carbocycles. The van der Waals surface area contributed by atoms with Gasteiger partial charge in [0, 0.05) is 6.42 Å². The normalized spacial score (nSPS) is 16.2. The molecule has 11 nitrogen and oxygen atoms in total. The molecule has 1 amide bonds. The van der Waals surface area contributed by atoms with E-state index in [-0.39, 0.29) is 17.7 Å². The number of hydrazone groups is 1. The first-order chi connectivity index (χ1) is 14.8. The summed E-state index contributed by atoms with van der Waals surface area (Å²) >= 11 is 1.15. The van der Waals surface area contributed by atoms with Crippen molar-refractivity contribution in [2.45, 2.75) is 24.2 Å². The van der Waals surface area contributed by atoms with E-state index in [2.05, 4.69) is 25.4 Å². The Labute approximate surface area is 173 Å². The minimum Gasteiger partial charge on any atom is -0.467 e. The van der Waals surface area contributed by atoms with Crippen molar-refractivity contribution in [1.82, 2.24) is 30.0 Å². The topological polar surface area (TPSA) is 129 Å². The number of furan rings is 2. The molecule has 1 unspecified atom stereocenters. The maximum absolute atomic E-state index is 12.9. The van der Waals surface area contributed by atoms with Crippen LogP contribution in [0, 0.1) is 0 Å². The maximum Gasteiger partial charge on any atom is 0.277 e. The van der Waals surface area contributed by atoms with E-state index in [9.17, 15) is 4.79 Å². The highest BCUT2D eigenvalue weighted by molar-refractivity contribution is 7.99. The lowest BCUT2D eigenvalue weighted by Gasteiger charge is -2.19. The zero-order valence-electron chi connectivity index (χ0n) is 15.5. The van der Waals surface area contributed by atoms with Crippen molar-refractivity contribution >= 4 is 23.4 Å². The Balaban J connectivity index is 1.27. The molecule has 1 aliphatic heterocycles. The van der Waals surface area contributed by atoms with E-state index in [1.165, 1.54) is 11.3 Å². The van der Waals surface area contributed by atoms with Gasteiger partial charge in [0.1, 0.15) is 42.5 Å². The van der Waals surface area contributed by atoms with Crippen LogP contribution in [-0.2, 0) is 11.3 Å². The molecule has 0 saturated heterocycles. The van der Waals surface area contributed by atoms with Gasteiger partial charge in [-0.15, -0.1) is 10.2 Å². The van der Waals surface area contributed by atoms with Gasteiger partial charge in [-0.25, -0.2) is 14.7 Å². The highest BCUT2D eigenvalue weighted by atomic mass is 32.2. The van der Waals surface area contributed by atoms with Crippen LogP contribution in [0.1, 0.15) is 29.9 Å². The second-order valence-electron chi connectivity index (χ2n) is 6.34. The smallest absolute Gasteiger partial charge is 0.277 e. The number of hydrogen-bond acceptors (Lipinski definition) is 10. The number of hydrogen-bond donors (Lipinski definition) is 0. The first-order valence-electron chi connectivity index (χ1n) is 9.00. The van der Waals surface area contributed by atoms with Crippen LogP contribution in [0.2, 0.25) is 0 Å². The van der Waals surface area contributed by atoms with Gasteiger partial charge in [-0.2, -0.15) is 10.2 Å². The number of nitrogens with zero attached hydrogens (tertiary/aromatic N) is 7. The summed E-state index contributed by atoms with van der Waals surface area (Å²) in [6, 6.07) is 6.88. The first-order valence-corrected chi connectivity index (χ1v) is 9.99. The summed E-state index contributed by atoms with van der Waals surface area (Å²) in [4.78, 5) is 16.8. The third kappa shape index (κ3) is 3.76.